The van der Waals surface area contributed by atoms with Crippen LogP contribution in [0.1, 0.15) is 22.7 Å². The molecular weight excluding hydrogens is 383 g/mol. The number of ether oxygens (including phenoxy) is 2. The zero-order valence-electron chi connectivity index (χ0n) is 16.9. The maximum absolute atomic E-state index is 13.5. The van der Waals surface area contributed by atoms with Crippen molar-refractivity contribution in [3.8, 4) is 11.5 Å². The highest BCUT2D eigenvalue weighted by molar-refractivity contribution is 5.90. The normalized spacial score (nSPS) is 15.3. The first-order valence-corrected chi connectivity index (χ1v) is 9.73. The van der Waals surface area contributed by atoms with Crippen LogP contribution in [0.2, 0.25) is 0 Å². The van der Waals surface area contributed by atoms with Gasteiger partial charge in [-0.15, -0.1) is 0 Å². The Labute approximate surface area is 175 Å². The van der Waals surface area contributed by atoms with E-state index in [2.05, 4.69) is 11.4 Å². The molecule has 30 heavy (non-hydrogen) atoms. The number of methoxy groups -OCH3 is 2. The Morgan fingerprint density at radius 2 is 1.73 bits per heavy atom. The molecule has 3 aromatic carbocycles. The number of carbonyl (C=O) groups is 1. The summed E-state index contributed by atoms with van der Waals surface area (Å²) in [6.07, 6.45) is 0.757. The molecule has 154 valence electrons. The Morgan fingerprint density at radius 3 is 2.47 bits per heavy atom. The highest BCUT2D eigenvalue weighted by Gasteiger charge is 2.32. The average molecular weight is 406 g/mol. The molecule has 1 N–H and O–H groups in total. The van der Waals surface area contributed by atoms with Gasteiger partial charge in [-0.3, -0.25) is 0 Å². The highest BCUT2D eigenvalue weighted by atomic mass is 19.1. The van der Waals surface area contributed by atoms with Crippen molar-refractivity contribution in [2.24, 2.45) is 0 Å². The summed E-state index contributed by atoms with van der Waals surface area (Å²) in [7, 11) is 3.12. The number of anilines is 1. The molecule has 5 nitrogen and oxygen atoms in total. The molecule has 1 aliphatic heterocycles. The van der Waals surface area contributed by atoms with Crippen LogP contribution in [-0.4, -0.2) is 31.7 Å². The fourth-order valence-corrected chi connectivity index (χ4v) is 3.90. The molecule has 0 fully saturated rings. The summed E-state index contributed by atoms with van der Waals surface area (Å²) < 4.78 is 24.1. The first-order valence-electron chi connectivity index (χ1n) is 9.73. The van der Waals surface area contributed by atoms with Crippen molar-refractivity contribution < 1.29 is 18.7 Å². The van der Waals surface area contributed by atoms with E-state index in [1.165, 1.54) is 17.7 Å². The topological polar surface area (TPSA) is 50.8 Å². The lowest BCUT2D eigenvalue weighted by molar-refractivity contribution is 0.194. The molecule has 0 radical (unpaired) electrons. The number of nitrogens with one attached hydrogen (secondary N) is 1. The van der Waals surface area contributed by atoms with E-state index in [0.717, 1.165) is 17.5 Å². The third kappa shape index (κ3) is 3.81. The Morgan fingerprint density at radius 1 is 1.00 bits per heavy atom. The summed E-state index contributed by atoms with van der Waals surface area (Å²) in [5.74, 6) is 0.824. The maximum Gasteiger partial charge on any atom is 0.322 e. The predicted molar refractivity (Wildman–Crippen MR) is 114 cm³/mol. The van der Waals surface area contributed by atoms with E-state index in [4.69, 9.17) is 9.47 Å². The zero-order valence-corrected chi connectivity index (χ0v) is 16.9. The van der Waals surface area contributed by atoms with Gasteiger partial charge in [0.05, 0.1) is 20.3 Å². The van der Waals surface area contributed by atoms with Crippen molar-refractivity contribution in [2.45, 2.75) is 12.5 Å². The number of benzene rings is 3. The predicted octanol–water partition coefficient (Wildman–Crippen LogP) is 5.02. The fourth-order valence-electron chi connectivity index (χ4n) is 3.90. The van der Waals surface area contributed by atoms with Gasteiger partial charge < -0.3 is 19.7 Å². The molecule has 0 spiro atoms. The summed E-state index contributed by atoms with van der Waals surface area (Å²) >= 11 is 0. The minimum atomic E-state index is -0.302. The fraction of sp³-hybridized carbons (Fsp3) is 0.208. The lowest BCUT2D eigenvalue weighted by atomic mass is 9.88. The van der Waals surface area contributed by atoms with E-state index in [1.54, 1.807) is 49.5 Å². The molecule has 1 heterocycles. The second kappa shape index (κ2) is 8.45. The summed E-state index contributed by atoms with van der Waals surface area (Å²) in [6, 6.07) is 19.1. The van der Waals surface area contributed by atoms with Crippen LogP contribution in [0.3, 0.4) is 0 Å². The van der Waals surface area contributed by atoms with Crippen LogP contribution in [0.4, 0.5) is 14.9 Å². The van der Waals surface area contributed by atoms with Crippen LogP contribution in [0, 0.1) is 5.82 Å². The van der Waals surface area contributed by atoms with Crippen LogP contribution in [0.15, 0.2) is 66.7 Å². The summed E-state index contributed by atoms with van der Waals surface area (Å²) in [4.78, 5) is 15.0. The van der Waals surface area contributed by atoms with Crippen LogP contribution in [-0.2, 0) is 6.42 Å². The van der Waals surface area contributed by atoms with E-state index in [1.807, 2.05) is 18.2 Å². The molecule has 4 rings (SSSR count). The Bertz CT molecular complexity index is 1050. The lowest BCUT2D eigenvalue weighted by Gasteiger charge is -2.37. The Hall–Kier alpha value is -3.54. The largest absolute Gasteiger partial charge is 0.493 e. The van der Waals surface area contributed by atoms with Crippen molar-refractivity contribution >= 4 is 11.7 Å². The van der Waals surface area contributed by atoms with Gasteiger partial charge in [0.25, 0.3) is 0 Å². The quantitative estimate of drug-likeness (QED) is 0.662. The smallest absolute Gasteiger partial charge is 0.322 e. The van der Waals surface area contributed by atoms with E-state index < -0.39 is 0 Å². The standard InChI is InChI=1S/C24H23FN2O3/c1-29-21-12-11-19(15-22(21)30-2)26-24(28)27-14-13-16-5-3-4-6-20(16)23(27)17-7-9-18(25)10-8-17/h3-12,15,23H,13-14H2,1-2H3,(H,26,28). The van der Waals surface area contributed by atoms with Crippen LogP contribution in [0.5, 0.6) is 11.5 Å². The molecule has 1 unspecified atom stereocenters. The monoisotopic (exact) mass is 406 g/mol. The third-order valence-electron chi connectivity index (χ3n) is 5.36. The maximum atomic E-state index is 13.5. The van der Waals surface area contributed by atoms with E-state index in [9.17, 15) is 9.18 Å². The first-order chi connectivity index (χ1) is 14.6. The molecular formula is C24H23FN2O3. The third-order valence-corrected chi connectivity index (χ3v) is 5.36. The molecule has 1 aliphatic rings. The molecule has 0 aromatic heterocycles. The Kier molecular flexibility index (Phi) is 5.57. The number of halogens is 1. The number of amides is 2. The number of nitrogens with zero attached hydrogens (tertiary/aromatic N) is 1. The number of hydrogen-bond acceptors (Lipinski definition) is 3. The molecule has 0 saturated carbocycles. The van der Waals surface area contributed by atoms with Crippen LogP contribution in [0.25, 0.3) is 0 Å². The zero-order chi connectivity index (χ0) is 21.1. The van der Waals surface area contributed by atoms with Crippen molar-refractivity contribution in [2.75, 3.05) is 26.1 Å². The minimum Gasteiger partial charge on any atom is -0.493 e. The van der Waals surface area contributed by atoms with Gasteiger partial charge in [-0.25, -0.2) is 9.18 Å². The molecule has 1 atom stereocenters. The van der Waals surface area contributed by atoms with E-state index in [-0.39, 0.29) is 17.9 Å². The lowest BCUT2D eigenvalue weighted by Crippen LogP contribution is -2.43. The molecule has 0 saturated heterocycles. The van der Waals surface area contributed by atoms with Gasteiger partial charge in [0.2, 0.25) is 0 Å². The second-order valence-corrected chi connectivity index (χ2v) is 7.10. The van der Waals surface area contributed by atoms with Gasteiger partial charge in [0, 0.05) is 18.3 Å². The van der Waals surface area contributed by atoms with E-state index in [0.29, 0.717) is 23.7 Å². The molecule has 0 aliphatic carbocycles. The SMILES string of the molecule is COc1ccc(NC(=O)N2CCc3ccccc3C2c2ccc(F)cc2)cc1OC. The van der Waals surface area contributed by atoms with Crippen LogP contribution < -0.4 is 14.8 Å². The molecule has 3 aromatic rings. The second-order valence-electron chi connectivity index (χ2n) is 7.10. The summed E-state index contributed by atoms with van der Waals surface area (Å²) in [5, 5.41) is 2.96. The number of hydrogen-bond donors (Lipinski definition) is 1. The first kappa shape index (κ1) is 19.8. The van der Waals surface area contributed by atoms with Gasteiger partial charge in [0.1, 0.15) is 5.82 Å². The number of carbonyl (C=O) groups excluding carboxylic acids is 1. The summed E-state index contributed by atoms with van der Waals surface area (Å²) in [6.45, 7) is 0.554. The van der Waals surface area contributed by atoms with Crippen molar-refractivity contribution in [1.29, 1.82) is 0 Å². The summed E-state index contributed by atoms with van der Waals surface area (Å²) in [5.41, 5.74) is 3.72. The van der Waals surface area contributed by atoms with Crippen molar-refractivity contribution in [3.63, 3.8) is 0 Å². The van der Waals surface area contributed by atoms with Gasteiger partial charge in [-0.1, -0.05) is 36.4 Å². The van der Waals surface area contributed by atoms with Crippen molar-refractivity contribution in [3.05, 3.63) is 89.2 Å². The number of urea groups is 1. The minimum absolute atomic E-state index is 0.231. The highest BCUT2D eigenvalue weighted by Crippen LogP contribution is 2.36. The van der Waals surface area contributed by atoms with Crippen LogP contribution >= 0.6 is 0 Å². The molecule has 0 bridgehead atoms. The van der Waals surface area contributed by atoms with Gasteiger partial charge in [0.15, 0.2) is 11.5 Å². The Balaban J connectivity index is 1.66. The molecule has 2 amide bonds. The van der Waals surface area contributed by atoms with Gasteiger partial charge in [-0.2, -0.15) is 0 Å². The van der Waals surface area contributed by atoms with Gasteiger partial charge >= 0.3 is 6.03 Å². The van der Waals surface area contributed by atoms with E-state index >= 15 is 0 Å². The van der Waals surface area contributed by atoms with Gasteiger partial charge in [-0.05, 0) is 47.4 Å². The number of fused-ring (bicyclic) bond motifs is 1. The van der Waals surface area contributed by atoms with Crippen molar-refractivity contribution in [1.82, 2.24) is 4.90 Å². The number of rotatable bonds is 4. The molecule has 6 heteroatoms. The average Bonchev–Trinajstić information content (AvgIpc) is 2.78.